The summed E-state index contributed by atoms with van der Waals surface area (Å²) in [5.74, 6) is -1.69. The van der Waals surface area contributed by atoms with Crippen molar-refractivity contribution >= 4 is 11.9 Å². The summed E-state index contributed by atoms with van der Waals surface area (Å²) < 4.78 is 40.3. The number of hydrogen-bond acceptors (Lipinski definition) is 3. The summed E-state index contributed by atoms with van der Waals surface area (Å²) in [4.78, 5) is 23.1. The topological polar surface area (TPSA) is 75.6 Å². The van der Waals surface area contributed by atoms with Gasteiger partial charge in [0.2, 0.25) is 5.91 Å². The number of nitrogens with one attached hydrogen (secondary N) is 1. The summed E-state index contributed by atoms with van der Waals surface area (Å²) in [6.07, 6.45) is -4.71. The average molecular weight is 381 g/mol. The number of rotatable bonds is 8. The highest BCUT2D eigenvalue weighted by molar-refractivity contribution is 5.79. The van der Waals surface area contributed by atoms with E-state index in [-0.39, 0.29) is 30.9 Å². The van der Waals surface area contributed by atoms with Gasteiger partial charge in [-0.25, -0.2) is 0 Å². The van der Waals surface area contributed by atoms with Crippen LogP contribution in [0.5, 0.6) is 5.75 Å². The predicted octanol–water partition coefficient (Wildman–Crippen LogP) is 3.85. The Kier molecular flexibility index (Phi) is 6.81. The minimum absolute atomic E-state index is 0.0529. The molecule has 0 aliphatic heterocycles. The third-order valence-electron chi connectivity index (χ3n) is 3.71. The van der Waals surface area contributed by atoms with Crippen molar-refractivity contribution in [1.82, 2.24) is 5.32 Å². The van der Waals surface area contributed by atoms with Crippen molar-refractivity contribution in [1.29, 1.82) is 0 Å². The predicted molar refractivity (Wildman–Crippen MR) is 91.0 cm³/mol. The number of alkyl halides is 3. The first-order valence-electron chi connectivity index (χ1n) is 8.14. The first-order valence-corrected chi connectivity index (χ1v) is 8.14. The van der Waals surface area contributed by atoms with Crippen LogP contribution in [0.15, 0.2) is 54.6 Å². The lowest BCUT2D eigenvalue weighted by Gasteiger charge is -2.18. The summed E-state index contributed by atoms with van der Waals surface area (Å²) >= 11 is 0. The van der Waals surface area contributed by atoms with Crippen molar-refractivity contribution in [3.8, 4) is 5.75 Å². The number of aliphatic carboxylic acids is 1. The average Bonchev–Trinajstić information content (AvgIpc) is 2.59. The summed E-state index contributed by atoms with van der Waals surface area (Å²) in [7, 11) is 0. The van der Waals surface area contributed by atoms with Crippen LogP contribution in [0.25, 0.3) is 0 Å². The maximum atomic E-state index is 12.3. The third-order valence-corrected chi connectivity index (χ3v) is 3.71. The summed E-state index contributed by atoms with van der Waals surface area (Å²) in [5.41, 5.74) is 1.29. The molecular formula is C19H18F3NO4. The Labute approximate surface area is 153 Å². The van der Waals surface area contributed by atoms with Crippen LogP contribution >= 0.6 is 0 Å². The van der Waals surface area contributed by atoms with Gasteiger partial charge in [0.15, 0.2) is 0 Å². The lowest BCUT2D eigenvalue weighted by atomic mass is 10.0. The minimum atomic E-state index is -4.77. The van der Waals surface area contributed by atoms with Crippen LogP contribution in [0.4, 0.5) is 13.2 Å². The molecule has 0 bridgehead atoms. The van der Waals surface area contributed by atoms with E-state index in [1.807, 2.05) is 6.07 Å². The van der Waals surface area contributed by atoms with Crippen molar-refractivity contribution in [2.45, 2.75) is 31.7 Å². The van der Waals surface area contributed by atoms with E-state index in [0.717, 1.165) is 17.7 Å². The first kappa shape index (κ1) is 20.3. The number of hydrogen-bond donors (Lipinski definition) is 2. The number of halogens is 3. The summed E-state index contributed by atoms with van der Waals surface area (Å²) in [5, 5.41) is 11.7. The van der Waals surface area contributed by atoms with Gasteiger partial charge >= 0.3 is 12.3 Å². The molecule has 0 aromatic heterocycles. The van der Waals surface area contributed by atoms with Crippen molar-refractivity contribution in [2.75, 3.05) is 0 Å². The first-order chi connectivity index (χ1) is 12.7. The van der Waals surface area contributed by atoms with Gasteiger partial charge in [-0.15, -0.1) is 13.2 Å². The van der Waals surface area contributed by atoms with Crippen LogP contribution in [0.2, 0.25) is 0 Å². The Morgan fingerprint density at radius 1 is 1.04 bits per heavy atom. The SMILES string of the molecule is O=C(O)CCC(NC(=O)Cc1ccc(OC(F)(F)F)cc1)c1ccccc1. The molecule has 0 radical (unpaired) electrons. The second kappa shape index (κ2) is 9.07. The molecule has 8 heteroatoms. The molecule has 0 heterocycles. The molecule has 1 atom stereocenters. The maximum absolute atomic E-state index is 12.3. The van der Waals surface area contributed by atoms with Gasteiger partial charge in [-0.1, -0.05) is 42.5 Å². The highest BCUT2D eigenvalue weighted by Gasteiger charge is 2.31. The van der Waals surface area contributed by atoms with Crippen LogP contribution in [-0.2, 0) is 16.0 Å². The quantitative estimate of drug-likeness (QED) is 0.728. The Balaban J connectivity index is 1.99. The number of carbonyl (C=O) groups is 2. The van der Waals surface area contributed by atoms with Crippen LogP contribution in [0.3, 0.4) is 0 Å². The minimum Gasteiger partial charge on any atom is -0.481 e. The van der Waals surface area contributed by atoms with Gasteiger partial charge in [-0.3, -0.25) is 9.59 Å². The van der Waals surface area contributed by atoms with Gasteiger partial charge in [0.1, 0.15) is 5.75 Å². The molecule has 1 unspecified atom stereocenters. The molecule has 2 aromatic carbocycles. The molecule has 0 saturated heterocycles. The number of carboxylic acid groups (broad SMARTS) is 1. The van der Waals surface area contributed by atoms with E-state index in [9.17, 15) is 22.8 Å². The molecule has 2 rings (SSSR count). The standard InChI is InChI=1S/C19H18F3NO4/c20-19(21,22)27-15-8-6-13(7-9-15)12-17(24)23-16(10-11-18(25)26)14-4-2-1-3-5-14/h1-9,16H,10-12H2,(H,23,24)(H,25,26). The zero-order valence-corrected chi connectivity index (χ0v) is 14.2. The molecule has 0 fully saturated rings. The number of benzene rings is 2. The Morgan fingerprint density at radius 2 is 1.67 bits per heavy atom. The largest absolute Gasteiger partial charge is 0.573 e. The molecule has 0 spiro atoms. The number of amides is 1. The summed E-state index contributed by atoms with van der Waals surface area (Å²) in [6.45, 7) is 0. The molecule has 27 heavy (non-hydrogen) atoms. The van der Waals surface area contributed by atoms with E-state index >= 15 is 0 Å². The van der Waals surface area contributed by atoms with Gasteiger partial charge in [-0.05, 0) is 29.7 Å². The lowest BCUT2D eigenvalue weighted by molar-refractivity contribution is -0.274. The van der Waals surface area contributed by atoms with Crippen LogP contribution < -0.4 is 10.1 Å². The molecular weight excluding hydrogens is 363 g/mol. The number of carbonyl (C=O) groups excluding carboxylic acids is 1. The fraction of sp³-hybridized carbons (Fsp3) is 0.263. The van der Waals surface area contributed by atoms with E-state index < -0.39 is 18.4 Å². The highest BCUT2D eigenvalue weighted by atomic mass is 19.4. The van der Waals surface area contributed by atoms with Crippen molar-refractivity contribution in [3.63, 3.8) is 0 Å². The molecule has 144 valence electrons. The van der Waals surface area contributed by atoms with Crippen molar-refractivity contribution in [2.24, 2.45) is 0 Å². The lowest BCUT2D eigenvalue weighted by Crippen LogP contribution is -2.30. The highest BCUT2D eigenvalue weighted by Crippen LogP contribution is 2.23. The van der Waals surface area contributed by atoms with Gasteiger partial charge in [0.25, 0.3) is 0 Å². The third kappa shape index (κ3) is 7.39. The van der Waals surface area contributed by atoms with Gasteiger partial charge in [0, 0.05) is 6.42 Å². The van der Waals surface area contributed by atoms with Gasteiger partial charge in [-0.2, -0.15) is 0 Å². The second-order valence-electron chi connectivity index (χ2n) is 5.83. The van der Waals surface area contributed by atoms with Gasteiger partial charge in [0.05, 0.1) is 12.5 Å². The monoisotopic (exact) mass is 381 g/mol. The second-order valence-corrected chi connectivity index (χ2v) is 5.83. The molecule has 1 amide bonds. The van der Waals surface area contributed by atoms with Crippen LogP contribution in [-0.4, -0.2) is 23.3 Å². The van der Waals surface area contributed by atoms with Crippen molar-refractivity contribution < 1.29 is 32.6 Å². The van der Waals surface area contributed by atoms with E-state index in [1.165, 1.54) is 12.1 Å². The Bertz CT molecular complexity index is 761. The van der Waals surface area contributed by atoms with E-state index in [4.69, 9.17) is 5.11 Å². The number of ether oxygens (including phenoxy) is 1. The molecule has 2 N–H and O–H groups in total. The fourth-order valence-corrected chi connectivity index (χ4v) is 2.52. The molecule has 5 nitrogen and oxygen atoms in total. The Morgan fingerprint density at radius 3 is 2.22 bits per heavy atom. The van der Waals surface area contributed by atoms with Crippen molar-refractivity contribution in [3.05, 3.63) is 65.7 Å². The maximum Gasteiger partial charge on any atom is 0.573 e. The fourth-order valence-electron chi connectivity index (χ4n) is 2.52. The molecule has 0 aliphatic rings. The zero-order valence-electron chi connectivity index (χ0n) is 14.2. The van der Waals surface area contributed by atoms with E-state index in [0.29, 0.717) is 5.56 Å². The molecule has 0 saturated carbocycles. The Hall–Kier alpha value is -3.03. The molecule has 0 aliphatic carbocycles. The van der Waals surface area contributed by atoms with Crippen LogP contribution in [0, 0.1) is 0 Å². The molecule has 2 aromatic rings. The normalized spacial score (nSPS) is 12.3. The van der Waals surface area contributed by atoms with Gasteiger partial charge < -0.3 is 15.2 Å². The van der Waals surface area contributed by atoms with E-state index in [2.05, 4.69) is 10.1 Å². The zero-order chi connectivity index (χ0) is 19.9. The van der Waals surface area contributed by atoms with Crippen LogP contribution in [0.1, 0.15) is 30.0 Å². The summed E-state index contributed by atoms with van der Waals surface area (Å²) in [6, 6.07) is 13.5. The van der Waals surface area contributed by atoms with E-state index in [1.54, 1.807) is 24.3 Å². The smallest absolute Gasteiger partial charge is 0.481 e. The number of carboxylic acids is 1.